The lowest BCUT2D eigenvalue weighted by Crippen LogP contribution is -2.35. The zero-order valence-electron chi connectivity index (χ0n) is 11.6. The number of carboxylic acids is 1. The lowest BCUT2D eigenvalue weighted by atomic mass is 10.1. The highest BCUT2D eigenvalue weighted by Crippen LogP contribution is 2.34. The second-order valence-electron chi connectivity index (χ2n) is 4.53. The van der Waals surface area contributed by atoms with Crippen LogP contribution in [0.2, 0.25) is 0 Å². The van der Waals surface area contributed by atoms with Crippen LogP contribution in [-0.2, 0) is 4.79 Å². The Hall–Kier alpha value is -2.25. The molecule has 0 amide bonds. The van der Waals surface area contributed by atoms with Crippen LogP contribution < -0.4 is 4.90 Å². The highest BCUT2D eigenvalue weighted by molar-refractivity contribution is 5.69. The summed E-state index contributed by atoms with van der Waals surface area (Å²) in [5.41, 5.74) is -0.772. The lowest BCUT2D eigenvalue weighted by Gasteiger charge is -2.31. The molecule has 0 fully saturated rings. The van der Waals surface area contributed by atoms with Crippen molar-refractivity contribution in [2.75, 3.05) is 11.4 Å². The SMILES string of the molecule is CCN(c1ccc([N+](=O)[O-])cc1C(F)F)C(C)CC(=O)O. The van der Waals surface area contributed by atoms with E-state index in [0.717, 1.165) is 12.1 Å². The van der Waals surface area contributed by atoms with Crippen LogP contribution >= 0.6 is 0 Å². The second-order valence-corrected chi connectivity index (χ2v) is 4.53. The standard InChI is InChI=1S/C13H16F2N2O4/c1-3-16(8(2)6-12(18)19)11-5-4-9(17(20)21)7-10(11)13(14)15/h4-5,7-8,13H,3,6H2,1-2H3,(H,18,19). The Kier molecular flexibility index (Phi) is 5.57. The van der Waals surface area contributed by atoms with Gasteiger partial charge < -0.3 is 10.0 Å². The van der Waals surface area contributed by atoms with Crippen molar-refractivity contribution in [2.45, 2.75) is 32.7 Å². The molecule has 0 aliphatic carbocycles. The summed E-state index contributed by atoms with van der Waals surface area (Å²) in [7, 11) is 0. The van der Waals surface area contributed by atoms with Gasteiger partial charge in [0.15, 0.2) is 0 Å². The Morgan fingerprint density at radius 1 is 1.48 bits per heavy atom. The van der Waals surface area contributed by atoms with Gasteiger partial charge in [-0.3, -0.25) is 14.9 Å². The summed E-state index contributed by atoms with van der Waals surface area (Å²) in [4.78, 5) is 22.2. The third-order valence-corrected chi connectivity index (χ3v) is 3.11. The molecular weight excluding hydrogens is 286 g/mol. The minimum Gasteiger partial charge on any atom is -0.481 e. The largest absolute Gasteiger partial charge is 0.481 e. The van der Waals surface area contributed by atoms with E-state index in [9.17, 15) is 23.7 Å². The minimum atomic E-state index is -2.88. The predicted octanol–water partition coefficient (Wildman–Crippen LogP) is 3.22. The Morgan fingerprint density at radius 3 is 2.52 bits per heavy atom. The second kappa shape index (κ2) is 6.96. The number of hydrogen-bond donors (Lipinski definition) is 1. The highest BCUT2D eigenvalue weighted by Gasteiger charge is 2.24. The molecule has 1 rings (SSSR count). The van der Waals surface area contributed by atoms with Gasteiger partial charge in [-0.05, 0) is 19.9 Å². The first-order chi connectivity index (χ1) is 9.77. The van der Waals surface area contributed by atoms with Crippen molar-refractivity contribution < 1.29 is 23.6 Å². The molecule has 0 aliphatic heterocycles. The van der Waals surface area contributed by atoms with Crippen LogP contribution in [0, 0.1) is 10.1 Å². The van der Waals surface area contributed by atoms with Gasteiger partial charge in [0.25, 0.3) is 12.1 Å². The van der Waals surface area contributed by atoms with Gasteiger partial charge in [0.05, 0.1) is 11.3 Å². The maximum Gasteiger partial charge on any atom is 0.305 e. The molecule has 0 aliphatic rings. The molecule has 8 heteroatoms. The Bertz CT molecular complexity index is 537. The normalized spacial score (nSPS) is 12.2. The van der Waals surface area contributed by atoms with E-state index in [1.165, 1.54) is 11.0 Å². The molecule has 1 aromatic rings. The van der Waals surface area contributed by atoms with Gasteiger partial charge in [-0.2, -0.15) is 0 Å². The Morgan fingerprint density at radius 2 is 2.10 bits per heavy atom. The molecule has 1 aromatic carbocycles. The van der Waals surface area contributed by atoms with E-state index in [1.807, 2.05) is 0 Å². The number of non-ortho nitro benzene ring substituents is 1. The zero-order valence-corrected chi connectivity index (χ0v) is 11.6. The van der Waals surface area contributed by atoms with Crippen molar-refractivity contribution in [1.82, 2.24) is 0 Å². The van der Waals surface area contributed by atoms with Crippen molar-refractivity contribution in [3.8, 4) is 0 Å². The van der Waals surface area contributed by atoms with Gasteiger partial charge in [-0.15, -0.1) is 0 Å². The van der Waals surface area contributed by atoms with Gasteiger partial charge in [0.1, 0.15) is 0 Å². The molecule has 0 aromatic heterocycles. The summed E-state index contributed by atoms with van der Waals surface area (Å²) in [5.74, 6) is -1.04. The number of anilines is 1. The van der Waals surface area contributed by atoms with E-state index < -0.39 is 34.6 Å². The minimum absolute atomic E-state index is 0.117. The molecule has 1 N–H and O–H groups in total. The fraction of sp³-hybridized carbons (Fsp3) is 0.462. The molecule has 21 heavy (non-hydrogen) atoms. The van der Waals surface area contributed by atoms with E-state index in [4.69, 9.17) is 5.11 Å². The fourth-order valence-electron chi connectivity index (χ4n) is 2.17. The van der Waals surface area contributed by atoms with Gasteiger partial charge >= 0.3 is 5.97 Å². The van der Waals surface area contributed by atoms with Crippen LogP contribution in [0.15, 0.2) is 18.2 Å². The first kappa shape index (κ1) is 16.8. The summed E-state index contributed by atoms with van der Waals surface area (Å²) in [6.07, 6.45) is -3.10. The fourth-order valence-corrected chi connectivity index (χ4v) is 2.17. The number of hydrogen-bond acceptors (Lipinski definition) is 4. The molecule has 0 saturated carbocycles. The van der Waals surface area contributed by atoms with Crippen LogP contribution in [-0.4, -0.2) is 28.6 Å². The molecular formula is C13H16F2N2O4. The number of nitro benzene ring substituents is 1. The van der Waals surface area contributed by atoms with Gasteiger partial charge in [0, 0.05) is 36.0 Å². The monoisotopic (exact) mass is 302 g/mol. The molecule has 0 bridgehead atoms. The number of alkyl halides is 2. The quantitative estimate of drug-likeness (QED) is 0.617. The van der Waals surface area contributed by atoms with E-state index in [-0.39, 0.29) is 12.1 Å². The molecule has 1 unspecified atom stereocenters. The van der Waals surface area contributed by atoms with Crippen molar-refractivity contribution in [1.29, 1.82) is 0 Å². The first-order valence-corrected chi connectivity index (χ1v) is 6.32. The molecule has 0 radical (unpaired) electrons. The number of halogens is 2. The summed E-state index contributed by atoms with van der Waals surface area (Å²) < 4.78 is 26.3. The average Bonchev–Trinajstić information content (AvgIpc) is 2.38. The molecule has 116 valence electrons. The van der Waals surface area contributed by atoms with Gasteiger partial charge in [0.2, 0.25) is 0 Å². The Balaban J connectivity index is 3.25. The van der Waals surface area contributed by atoms with Crippen molar-refractivity contribution >= 4 is 17.3 Å². The molecule has 0 saturated heterocycles. The molecule has 1 atom stereocenters. The topological polar surface area (TPSA) is 83.7 Å². The van der Waals surface area contributed by atoms with E-state index in [2.05, 4.69) is 0 Å². The highest BCUT2D eigenvalue weighted by atomic mass is 19.3. The summed E-state index contributed by atoms with van der Waals surface area (Å²) in [5, 5.41) is 19.5. The third-order valence-electron chi connectivity index (χ3n) is 3.11. The summed E-state index contributed by atoms with van der Waals surface area (Å²) in [6.45, 7) is 3.62. The summed E-state index contributed by atoms with van der Waals surface area (Å²) in [6, 6.07) is 2.70. The van der Waals surface area contributed by atoms with Gasteiger partial charge in [-0.1, -0.05) is 0 Å². The maximum absolute atomic E-state index is 13.1. The van der Waals surface area contributed by atoms with Crippen molar-refractivity contribution in [3.63, 3.8) is 0 Å². The molecule has 0 spiro atoms. The van der Waals surface area contributed by atoms with Gasteiger partial charge in [-0.25, -0.2) is 8.78 Å². The number of benzene rings is 1. The first-order valence-electron chi connectivity index (χ1n) is 6.32. The van der Waals surface area contributed by atoms with Crippen LogP contribution in [0.25, 0.3) is 0 Å². The molecule has 0 heterocycles. The average molecular weight is 302 g/mol. The van der Waals surface area contributed by atoms with Crippen molar-refractivity contribution in [3.05, 3.63) is 33.9 Å². The molecule has 6 nitrogen and oxygen atoms in total. The van der Waals surface area contributed by atoms with E-state index >= 15 is 0 Å². The number of nitro groups is 1. The third kappa shape index (κ3) is 4.11. The number of carbonyl (C=O) groups is 1. The van der Waals surface area contributed by atoms with Crippen LogP contribution in [0.5, 0.6) is 0 Å². The smallest absolute Gasteiger partial charge is 0.305 e. The van der Waals surface area contributed by atoms with E-state index in [0.29, 0.717) is 6.54 Å². The Labute approximate surface area is 120 Å². The van der Waals surface area contributed by atoms with Crippen LogP contribution in [0.3, 0.4) is 0 Å². The zero-order chi connectivity index (χ0) is 16.2. The number of aliphatic carboxylic acids is 1. The van der Waals surface area contributed by atoms with Crippen molar-refractivity contribution in [2.24, 2.45) is 0 Å². The summed E-state index contributed by atoms with van der Waals surface area (Å²) >= 11 is 0. The lowest BCUT2D eigenvalue weighted by molar-refractivity contribution is -0.385. The maximum atomic E-state index is 13.1. The van der Waals surface area contributed by atoms with Crippen LogP contribution in [0.1, 0.15) is 32.3 Å². The number of nitrogens with zero attached hydrogens (tertiary/aromatic N) is 2. The predicted molar refractivity (Wildman–Crippen MR) is 72.8 cm³/mol. The van der Waals surface area contributed by atoms with E-state index in [1.54, 1.807) is 13.8 Å². The number of rotatable bonds is 7. The number of carboxylic acid groups (broad SMARTS) is 1. The van der Waals surface area contributed by atoms with Crippen LogP contribution in [0.4, 0.5) is 20.2 Å².